The molecular weight excluding hydrogens is 183 g/mol. The van der Waals surface area contributed by atoms with Gasteiger partial charge in [0.15, 0.2) is 0 Å². The first kappa shape index (κ1) is 12.0. The second kappa shape index (κ2) is 4.19. The maximum Gasteiger partial charge on any atom is 0.642 e. The summed E-state index contributed by atoms with van der Waals surface area (Å²) in [4.78, 5) is 0. The quantitative estimate of drug-likeness (QED) is 0.394. The largest absolute Gasteiger partial charge is 0.642 e. The van der Waals surface area contributed by atoms with Gasteiger partial charge in [-0.3, -0.25) is 0 Å². The number of hydrogen-bond acceptors (Lipinski definition) is 4. The van der Waals surface area contributed by atoms with Gasteiger partial charge in [0, 0.05) is 6.61 Å². The van der Waals surface area contributed by atoms with E-state index < -0.39 is 7.32 Å². The van der Waals surface area contributed by atoms with Gasteiger partial charge in [-0.1, -0.05) is 0 Å². The van der Waals surface area contributed by atoms with Crippen LogP contribution in [0.15, 0.2) is 0 Å². The summed E-state index contributed by atoms with van der Waals surface area (Å²) in [5, 5.41) is 0. The molecule has 0 atom stereocenters. The zero-order valence-electron chi connectivity index (χ0n) is 9.62. The van der Waals surface area contributed by atoms with Gasteiger partial charge in [0.05, 0.1) is 11.2 Å². The molecule has 4 nitrogen and oxygen atoms in total. The van der Waals surface area contributed by atoms with E-state index in [2.05, 4.69) is 0 Å². The normalized spacial score (nSPS) is 24.2. The van der Waals surface area contributed by atoms with Crippen LogP contribution in [0.5, 0.6) is 0 Å². The highest BCUT2D eigenvalue weighted by atomic mass is 16.8. The van der Waals surface area contributed by atoms with Gasteiger partial charge in [-0.05, 0) is 34.6 Å². The second-order valence-corrected chi connectivity index (χ2v) is 4.32. The van der Waals surface area contributed by atoms with Crippen molar-refractivity contribution in [2.45, 2.75) is 45.8 Å². The van der Waals surface area contributed by atoms with Crippen LogP contribution in [0.25, 0.3) is 0 Å². The Morgan fingerprint density at radius 3 is 2.00 bits per heavy atom. The first-order valence-electron chi connectivity index (χ1n) is 4.94. The molecule has 1 rings (SSSR count). The number of hydrogen-bond donors (Lipinski definition) is 0. The van der Waals surface area contributed by atoms with Crippen LogP contribution < -0.4 is 0 Å². The highest BCUT2D eigenvalue weighted by Crippen LogP contribution is 2.36. The van der Waals surface area contributed by atoms with Crippen LogP contribution in [0.2, 0.25) is 0 Å². The van der Waals surface area contributed by atoms with Crippen molar-refractivity contribution in [3.63, 3.8) is 0 Å². The van der Waals surface area contributed by atoms with Crippen LogP contribution in [0.1, 0.15) is 34.6 Å². The average Bonchev–Trinajstić information content (AvgIpc) is 2.21. The molecule has 0 aromatic carbocycles. The Morgan fingerprint density at radius 1 is 1.07 bits per heavy atom. The van der Waals surface area contributed by atoms with E-state index in [9.17, 15) is 0 Å². The monoisotopic (exact) mass is 202 g/mol. The molecule has 1 aliphatic rings. The van der Waals surface area contributed by atoms with E-state index in [0.29, 0.717) is 6.61 Å². The topological polar surface area (TPSA) is 36.9 Å². The maximum absolute atomic E-state index is 5.59. The first-order valence-corrected chi connectivity index (χ1v) is 4.94. The fourth-order valence-electron chi connectivity index (χ4n) is 1.04. The van der Waals surface area contributed by atoms with Crippen molar-refractivity contribution in [3.8, 4) is 0 Å². The van der Waals surface area contributed by atoms with Crippen LogP contribution in [0.3, 0.4) is 0 Å². The van der Waals surface area contributed by atoms with Gasteiger partial charge in [0.25, 0.3) is 0 Å². The van der Waals surface area contributed by atoms with Gasteiger partial charge >= 0.3 is 7.32 Å². The van der Waals surface area contributed by atoms with E-state index in [1.54, 1.807) is 0 Å². The minimum Gasteiger partial charge on any atom is -0.378 e. The highest BCUT2D eigenvalue weighted by Gasteiger charge is 2.52. The molecule has 82 valence electrons. The van der Waals surface area contributed by atoms with Gasteiger partial charge in [0.1, 0.15) is 6.79 Å². The van der Waals surface area contributed by atoms with Crippen molar-refractivity contribution >= 4 is 7.32 Å². The Labute approximate surface area is 86.0 Å². The SMILES string of the molecule is CCOCOB1OC(C)(C)C(C)(C)O1. The van der Waals surface area contributed by atoms with E-state index in [4.69, 9.17) is 18.7 Å². The Bertz CT molecular complexity index is 177. The van der Waals surface area contributed by atoms with Gasteiger partial charge < -0.3 is 18.7 Å². The molecule has 0 aliphatic carbocycles. The van der Waals surface area contributed by atoms with Crippen molar-refractivity contribution in [1.29, 1.82) is 0 Å². The third kappa shape index (κ3) is 2.48. The molecule has 0 amide bonds. The summed E-state index contributed by atoms with van der Waals surface area (Å²) in [6.45, 7) is 10.7. The summed E-state index contributed by atoms with van der Waals surface area (Å²) >= 11 is 0. The summed E-state index contributed by atoms with van der Waals surface area (Å²) < 4.78 is 21.5. The Kier molecular flexibility index (Phi) is 3.58. The van der Waals surface area contributed by atoms with E-state index in [1.807, 2.05) is 34.6 Å². The Balaban J connectivity index is 2.39. The molecule has 1 saturated heterocycles. The van der Waals surface area contributed by atoms with Gasteiger partial charge in [-0.15, -0.1) is 0 Å². The Hall–Kier alpha value is -0.0951. The molecule has 0 N–H and O–H groups in total. The fourth-order valence-corrected chi connectivity index (χ4v) is 1.04. The van der Waals surface area contributed by atoms with Crippen LogP contribution in [0, 0.1) is 0 Å². The molecule has 0 saturated carbocycles. The highest BCUT2D eigenvalue weighted by molar-refractivity contribution is 6.37. The minimum absolute atomic E-state index is 0.202. The molecule has 0 radical (unpaired) electrons. The van der Waals surface area contributed by atoms with Crippen LogP contribution in [-0.4, -0.2) is 31.9 Å². The molecule has 1 fully saturated rings. The summed E-state index contributed by atoms with van der Waals surface area (Å²) in [6, 6.07) is 0. The first-order chi connectivity index (χ1) is 6.39. The average molecular weight is 202 g/mol. The molecule has 0 aromatic rings. The summed E-state index contributed by atoms with van der Waals surface area (Å²) in [7, 11) is -0.619. The molecule has 1 aliphatic heterocycles. The van der Waals surface area contributed by atoms with E-state index in [-0.39, 0.29) is 18.0 Å². The summed E-state index contributed by atoms with van der Waals surface area (Å²) in [6.07, 6.45) is 0. The molecule has 5 heteroatoms. The van der Waals surface area contributed by atoms with Gasteiger partial charge in [0.2, 0.25) is 0 Å². The van der Waals surface area contributed by atoms with Crippen LogP contribution in [0.4, 0.5) is 0 Å². The third-order valence-electron chi connectivity index (χ3n) is 2.72. The van der Waals surface area contributed by atoms with E-state index in [0.717, 1.165) is 0 Å². The molecule has 14 heavy (non-hydrogen) atoms. The zero-order valence-corrected chi connectivity index (χ0v) is 9.62. The molecule has 0 unspecified atom stereocenters. The lowest BCUT2D eigenvalue weighted by Gasteiger charge is -2.31. The fraction of sp³-hybridized carbons (Fsp3) is 1.00. The van der Waals surface area contributed by atoms with Crippen molar-refractivity contribution in [1.82, 2.24) is 0 Å². The van der Waals surface area contributed by atoms with E-state index in [1.165, 1.54) is 0 Å². The van der Waals surface area contributed by atoms with Gasteiger partial charge in [-0.2, -0.15) is 0 Å². The number of ether oxygens (including phenoxy) is 1. The smallest absolute Gasteiger partial charge is 0.378 e. The zero-order chi connectivity index (χ0) is 10.8. The second-order valence-electron chi connectivity index (χ2n) is 4.32. The summed E-state index contributed by atoms with van der Waals surface area (Å²) in [5.41, 5.74) is -0.687. The lowest BCUT2D eigenvalue weighted by atomic mass is 9.90. The molecule has 0 aromatic heterocycles. The van der Waals surface area contributed by atoms with Gasteiger partial charge in [-0.25, -0.2) is 0 Å². The maximum atomic E-state index is 5.59. The molecular formula is C9H19BO4. The molecule has 0 spiro atoms. The number of rotatable bonds is 4. The van der Waals surface area contributed by atoms with Crippen molar-refractivity contribution in [3.05, 3.63) is 0 Å². The minimum atomic E-state index is -0.619. The van der Waals surface area contributed by atoms with Crippen molar-refractivity contribution in [2.24, 2.45) is 0 Å². The lowest BCUT2D eigenvalue weighted by molar-refractivity contribution is -0.0114. The van der Waals surface area contributed by atoms with Crippen LogP contribution in [-0.2, 0) is 18.7 Å². The van der Waals surface area contributed by atoms with Crippen molar-refractivity contribution < 1.29 is 18.7 Å². The summed E-state index contributed by atoms with van der Waals surface area (Å²) in [5.74, 6) is 0. The third-order valence-corrected chi connectivity index (χ3v) is 2.72. The predicted molar refractivity (Wildman–Crippen MR) is 53.7 cm³/mol. The van der Waals surface area contributed by atoms with E-state index >= 15 is 0 Å². The van der Waals surface area contributed by atoms with Crippen molar-refractivity contribution in [2.75, 3.05) is 13.4 Å². The Morgan fingerprint density at radius 2 is 1.57 bits per heavy atom. The lowest BCUT2D eigenvalue weighted by Crippen LogP contribution is -2.41. The predicted octanol–water partition coefficient (Wildman–Crippen LogP) is 1.59. The standard InChI is InChI=1S/C9H19BO4/c1-6-11-7-12-10-13-8(2,3)9(4,5)14-10/h6-7H2,1-5H3. The molecule has 1 heterocycles. The molecule has 0 bridgehead atoms. The van der Waals surface area contributed by atoms with Crippen LogP contribution >= 0.6 is 0 Å².